The molecule has 6 heteroatoms. The van der Waals surface area contributed by atoms with E-state index in [1.165, 1.54) is 4.90 Å². The normalized spacial score (nSPS) is 10.3. The second-order valence-electron chi connectivity index (χ2n) is 5.88. The lowest BCUT2D eigenvalue weighted by Crippen LogP contribution is -2.39. The Balaban J connectivity index is 1.85. The topological polar surface area (TPSA) is 62.2 Å². The highest BCUT2D eigenvalue weighted by atomic mass is 16.2. The third-order valence-corrected chi connectivity index (χ3v) is 4.08. The van der Waals surface area contributed by atoms with Crippen LogP contribution in [0.25, 0.3) is 0 Å². The molecule has 0 N–H and O–H groups in total. The number of rotatable bonds is 4. The number of pyridine rings is 1. The summed E-state index contributed by atoms with van der Waals surface area (Å²) in [6, 6.07) is 23.8. The molecule has 0 atom stereocenters. The van der Waals surface area contributed by atoms with Gasteiger partial charge in [-0.3, -0.25) is 9.88 Å². The number of carbonyl (C=O) groups excluding carboxylic acids is 1. The lowest BCUT2D eigenvalue weighted by Gasteiger charge is -2.29. The van der Waals surface area contributed by atoms with E-state index >= 15 is 0 Å². The van der Waals surface area contributed by atoms with Crippen LogP contribution in [0.5, 0.6) is 0 Å². The molecule has 4 rings (SSSR count). The molecule has 0 spiro atoms. The summed E-state index contributed by atoms with van der Waals surface area (Å²) in [5.74, 6) is 0.300. The van der Waals surface area contributed by atoms with Gasteiger partial charge in [-0.2, -0.15) is 0 Å². The predicted octanol–water partition coefficient (Wildman–Crippen LogP) is 4.97. The maximum atomic E-state index is 13.8. The van der Waals surface area contributed by atoms with Crippen LogP contribution in [0, 0.1) is 0 Å². The van der Waals surface area contributed by atoms with Crippen molar-refractivity contribution in [3.63, 3.8) is 0 Å². The first-order valence-corrected chi connectivity index (χ1v) is 8.76. The summed E-state index contributed by atoms with van der Waals surface area (Å²) < 4.78 is 0. The Kier molecular flexibility index (Phi) is 5.02. The summed E-state index contributed by atoms with van der Waals surface area (Å²) in [7, 11) is 0. The molecule has 0 radical (unpaired) electrons. The van der Waals surface area contributed by atoms with Crippen LogP contribution >= 0.6 is 0 Å². The van der Waals surface area contributed by atoms with E-state index in [1.807, 2.05) is 60.7 Å². The minimum absolute atomic E-state index is 0.296. The monoisotopic (exact) mass is 367 g/mol. The summed E-state index contributed by atoms with van der Waals surface area (Å²) in [6.07, 6.45) is 6.55. The van der Waals surface area contributed by atoms with Crippen molar-refractivity contribution in [3.8, 4) is 0 Å². The molecule has 2 amide bonds. The number of urea groups is 1. The third-order valence-electron chi connectivity index (χ3n) is 4.08. The maximum absolute atomic E-state index is 13.8. The molecule has 136 valence electrons. The fraction of sp³-hybridized carbons (Fsp3) is 0. The zero-order valence-corrected chi connectivity index (χ0v) is 15.0. The number of hydrogen-bond acceptors (Lipinski definition) is 4. The molecular formula is C22H17N5O. The molecule has 2 aromatic carbocycles. The molecule has 2 heterocycles. The van der Waals surface area contributed by atoms with Gasteiger partial charge in [0.1, 0.15) is 0 Å². The summed E-state index contributed by atoms with van der Waals surface area (Å²) >= 11 is 0. The van der Waals surface area contributed by atoms with E-state index in [9.17, 15) is 4.79 Å². The van der Waals surface area contributed by atoms with Gasteiger partial charge in [0.25, 0.3) is 0 Å². The standard InChI is InChI=1S/C22H17N5O/c28-22(26(18-8-3-1-4-9-18)20-12-16-23-17-13-20)27(19-10-5-2-6-11-19)21-24-14-7-15-25-21/h1-17H. The first kappa shape index (κ1) is 17.4. The van der Waals surface area contributed by atoms with E-state index in [0.717, 1.165) is 5.69 Å². The minimum Gasteiger partial charge on any atom is -0.265 e. The van der Waals surface area contributed by atoms with E-state index in [1.54, 1.807) is 47.9 Å². The molecule has 2 aromatic heterocycles. The molecule has 0 bridgehead atoms. The van der Waals surface area contributed by atoms with Crippen molar-refractivity contribution >= 4 is 29.0 Å². The van der Waals surface area contributed by atoms with Crippen molar-refractivity contribution in [3.05, 3.63) is 104 Å². The first-order chi connectivity index (χ1) is 13.8. The zero-order chi connectivity index (χ0) is 19.2. The lowest BCUT2D eigenvalue weighted by atomic mass is 10.2. The highest BCUT2D eigenvalue weighted by Gasteiger charge is 2.28. The maximum Gasteiger partial charge on any atom is 0.340 e. The van der Waals surface area contributed by atoms with Crippen LogP contribution in [0.1, 0.15) is 0 Å². The van der Waals surface area contributed by atoms with Gasteiger partial charge in [-0.25, -0.2) is 19.7 Å². The van der Waals surface area contributed by atoms with Gasteiger partial charge in [0.2, 0.25) is 5.95 Å². The van der Waals surface area contributed by atoms with E-state index in [0.29, 0.717) is 17.3 Å². The molecular weight excluding hydrogens is 350 g/mol. The Labute approximate surface area is 162 Å². The quantitative estimate of drug-likeness (QED) is 0.511. The molecule has 0 aliphatic heterocycles. The van der Waals surface area contributed by atoms with Gasteiger partial charge in [0.05, 0.1) is 17.1 Å². The van der Waals surface area contributed by atoms with E-state index in [4.69, 9.17) is 0 Å². The molecule has 0 aliphatic rings. The minimum atomic E-state index is -0.296. The van der Waals surface area contributed by atoms with E-state index in [-0.39, 0.29) is 6.03 Å². The van der Waals surface area contributed by atoms with Crippen LogP contribution in [-0.4, -0.2) is 21.0 Å². The zero-order valence-electron chi connectivity index (χ0n) is 15.0. The van der Waals surface area contributed by atoms with Crippen LogP contribution in [-0.2, 0) is 0 Å². The van der Waals surface area contributed by atoms with Crippen LogP contribution < -0.4 is 9.80 Å². The third kappa shape index (κ3) is 3.57. The number of carbonyl (C=O) groups is 1. The lowest BCUT2D eigenvalue weighted by molar-refractivity contribution is 0.255. The fourth-order valence-electron chi connectivity index (χ4n) is 2.84. The molecule has 0 aliphatic carbocycles. The van der Waals surface area contributed by atoms with Gasteiger partial charge >= 0.3 is 6.03 Å². The number of hydrogen-bond donors (Lipinski definition) is 0. The van der Waals surface area contributed by atoms with Crippen molar-refractivity contribution in [1.82, 2.24) is 15.0 Å². The van der Waals surface area contributed by atoms with Gasteiger partial charge in [0, 0.05) is 24.8 Å². The van der Waals surface area contributed by atoms with Crippen molar-refractivity contribution in [2.45, 2.75) is 0 Å². The summed E-state index contributed by atoms with van der Waals surface area (Å²) in [5.41, 5.74) is 2.10. The predicted molar refractivity (Wildman–Crippen MR) is 109 cm³/mol. The molecule has 28 heavy (non-hydrogen) atoms. The number of aromatic nitrogens is 3. The van der Waals surface area contributed by atoms with Gasteiger partial charge in [-0.15, -0.1) is 0 Å². The second kappa shape index (κ2) is 8.09. The van der Waals surface area contributed by atoms with Crippen molar-refractivity contribution in [2.75, 3.05) is 9.80 Å². The Hall–Kier alpha value is -4.06. The van der Waals surface area contributed by atoms with Gasteiger partial charge in [-0.1, -0.05) is 36.4 Å². The van der Waals surface area contributed by atoms with Crippen molar-refractivity contribution in [2.24, 2.45) is 0 Å². The average Bonchev–Trinajstić information content (AvgIpc) is 2.77. The van der Waals surface area contributed by atoms with Crippen molar-refractivity contribution < 1.29 is 4.79 Å². The summed E-state index contributed by atoms with van der Waals surface area (Å²) in [6.45, 7) is 0. The smallest absolute Gasteiger partial charge is 0.265 e. The Morgan fingerprint density at radius 2 is 1.07 bits per heavy atom. The fourth-order valence-corrected chi connectivity index (χ4v) is 2.84. The largest absolute Gasteiger partial charge is 0.340 e. The first-order valence-electron chi connectivity index (χ1n) is 8.76. The second-order valence-corrected chi connectivity index (χ2v) is 5.88. The van der Waals surface area contributed by atoms with Crippen LogP contribution in [0.15, 0.2) is 104 Å². The number of anilines is 4. The highest BCUT2D eigenvalue weighted by Crippen LogP contribution is 2.30. The molecule has 0 fully saturated rings. The Bertz CT molecular complexity index is 864. The van der Waals surface area contributed by atoms with E-state index < -0.39 is 0 Å². The molecule has 0 saturated carbocycles. The molecule has 4 aromatic rings. The van der Waals surface area contributed by atoms with Crippen LogP contribution in [0.3, 0.4) is 0 Å². The number of benzene rings is 2. The summed E-state index contributed by atoms with van der Waals surface area (Å²) in [5, 5.41) is 0. The Morgan fingerprint density at radius 1 is 0.571 bits per heavy atom. The van der Waals surface area contributed by atoms with Gasteiger partial charge in [-0.05, 0) is 42.5 Å². The van der Waals surface area contributed by atoms with E-state index in [2.05, 4.69) is 15.0 Å². The van der Waals surface area contributed by atoms with Crippen molar-refractivity contribution in [1.29, 1.82) is 0 Å². The average molecular weight is 367 g/mol. The SMILES string of the molecule is O=C(N(c1ccccc1)c1ccncc1)N(c1ccccc1)c1ncccn1. The number of amides is 2. The highest BCUT2D eigenvalue weighted by molar-refractivity contribution is 6.11. The number of para-hydroxylation sites is 2. The van der Waals surface area contributed by atoms with Crippen LogP contribution in [0.2, 0.25) is 0 Å². The number of nitrogens with zero attached hydrogens (tertiary/aromatic N) is 5. The van der Waals surface area contributed by atoms with Gasteiger partial charge in [0.15, 0.2) is 0 Å². The summed E-state index contributed by atoms with van der Waals surface area (Å²) in [4.78, 5) is 29.6. The Morgan fingerprint density at radius 3 is 1.64 bits per heavy atom. The van der Waals surface area contributed by atoms with Crippen LogP contribution in [0.4, 0.5) is 27.8 Å². The molecule has 0 unspecified atom stereocenters. The molecule has 0 saturated heterocycles. The van der Waals surface area contributed by atoms with Gasteiger partial charge < -0.3 is 0 Å². The molecule has 6 nitrogen and oxygen atoms in total.